The van der Waals surface area contributed by atoms with Gasteiger partial charge in [0.2, 0.25) is 0 Å². The van der Waals surface area contributed by atoms with Crippen molar-refractivity contribution in [3.05, 3.63) is 71.9 Å². The number of aliphatic carboxylic acids is 1. The number of carboxylic acid groups (broad SMARTS) is 1. The van der Waals surface area contributed by atoms with Crippen molar-refractivity contribution >= 4 is 17.4 Å². The number of ketones is 1. The van der Waals surface area contributed by atoms with Crippen molar-refractivity contribution in [2.24, 2.45) is 0 Å². The van der Waals surface area contributed by atoms with E-state index in [2.05, 4.69) is 5.32 Å². The van der Waals surface area contributed by atoms with E-state index in [1.807, 2.05) is 0 Å². The van der Waals surface area contributed by atoms with E-state index in [1.165, 1.54) is 0 Å². The zero-order chi connectivity index (χ0) is 15.9. The molecule has 0 saturated carbocycles. The van der Waals surface area contributed by atoms with Gasteiger partial charge in [-0.3, -0.25) is 4.79 Å². The lowest BCUT2D eigenvalue weighted by Gasteiger charge is -2.08. The summed E-state index contributed by atoms with van der Waals surface area (Å²) in [7, 11) is 1.55. The molecule has 0 heterocycles. The molecule has 0 saturated heterocycles. The van der Waals surface area contributed by atoms with Crippen molar-refractivity contribution in [1.29, 1.82) is 0 Å². The van der Waals surface area contributed by atoms with E-state index < -0.39 is 5.97 Å². The molecule has 5 nitrogen and oxygen atoms in total. The number of carboxylic acids is 1. The van der Waals surface area contributed by atoms with Gasteiger partial charge in [-0.2, -0.15) is 0 Å². The first-order valence-electron chi connectivity index (χ1n) is 6.55. The van der Waals surface area contributed by atoms with Gasteiger partial charge in [-0.05, 0) is 24.3 Å². The molecule has 0 aliphatic heterocycles. The van der Waals surface area contributed by atoms with Crippen LogP contribution in [0.3, 0.4) is 0 Å². The largest absolute Gasteiger partial charge is 0.497 e. The molecule has 0 fully saturated rings. The van der Waals surface area contributed by atoms with Gasteiger partial charge in [-0.1, -0.05) is 30.3 Å². The Kier molecular flexibility index (Phi) is 4.93. The summed E-state index contributed by atoms with van der Waals surface area (Å²) < 4.78 is 5.03. The van der Waals surface area contributed by atoms with Crippen molar-refractivity contribution in [2.45, 2.75) is 0 Å². The molecule has 112 valence electrons. The lowest BCUT2D eigenvalue weighted by Crippen LogP contribution is -2.12. The van der Waals surface area contributed by atoms with E-state index in [0.29, 0.717) is 17.0 Å². The van der Waals surface area contributed by atoms with Gasteiger partial charge in [0.25, 0.3) is 0 Å². The van der Waals surface area contributed by atoms with Crippen LogP contribution in [0.5, 0.6) is 5.75 Å². The Morgan fingerprint density at radius 1 is 1.05 bits per heavy atom. The molecule has 22 heavy (non-hydrogen) atoms. The summed E-state index contributed by atoms with van der Waals surface area (Å²) in [5, 5.41) is 11.9. The van der Waals surface area contributed by atoms with E-state index in [0.717, 1.165) is 6.08 Å². The van der Waals surface area contributed by atoms with Crippen molar-refractivity contribution in [3.63, 3.8) is 0 Å². The van der Waals surface area contributed by atoms with E-state index in [9.17, 15) is 14.7 Å². The number of nitrogens with one attached hydrogen (secondary N) is 1. The van der Waals surface area contributed by atoms with Gasteiger partial charge >= 0.3 is 5.97 Å². The van der Waals surface area contributed by atoms with Crippen LogP contribution in [0.25, 0.3) is 0 Å². The quantitative estimate of drug-likeness (QED) is 0.633. The molecule has 2 aromatic carbocycles. The van der Waals surface area contributed by atoms with Gasteiger partial charge in [-0.25, -0.2) is 4.79 Å². The molecule has 2 aromatic rings. The highest BCUT2D eigenvalue weighted by molar-refractivity contribution is 6.09. The summed E-state index contributed by atoms with van der Waals surface area (Å²) in [6, 6.07) is 15.2. The topological polar surface area (TPSA) is 75.6 Å². The average molecular weight is 297 g/mol. The van der Waals surface area contributed by atoms with E-state index in [4.69, 9.17) is 4.74 Å². The predicted octanol–water partition coefficient (Wildman–Crippen LogP) is 2.96. The summed E-state index contributed by atoms with van der Waals surface area (Å²) in [5.41, 5.74) is 0.784. The first-order chi connectivity index (χ1) is 10.6. The Balaban J connectivity index is 2.20. The molecule has 0 atom stereocenters. The summed E-state index contributed by atoms with van der Waals surface area (Å²) in [5.74, 6) is -0.925. The minimum atomic E-state index is -1.21. The standard InChI is InChI=1S/C17H15NO4/c1-22-14-9-7-13(8-10-14)18-15(17(20)21)11-16(19)12-5-3-2-4-6-12/h2-11,18H,1H3,(H,20,21). The van der Waals surface area contributed by atoms with Crippen LogP contribution < -0.4 is 10.1 Å². The first-order valence-corrected chi connectivity index (χ1v) is 6.55. The highest BCUT2D eigenvalue weighted by Gasteiger charge is 2.11. The van der Waals surface area contributed by atoms with Crippen molar-refractivity contribution in [1.82, 2.24) is 0 Å². The van der Waals surface area contributed by atoms with Crippen LogP contribution in [-0.2, 0) is 4.79 Å². The maximum Gasteiger partial charge on any atom is 0.352 e. The van der Waals surface area contributed by atoms with Gasteiger partial charge in [0, 0.05) is 17.3 Å². The molecule has 5 heteroatoms. The second-order valence-electron chi connectivity index (χ2n) is 4.45. The lowest BCUT2D eigenvalue weighted by molar-refractivity contribution is -0.132. The number of anilines is 1. The van der Waals surface area contributed by atoms with Crippen LogP contribution in [0, 0.1) is 0 Å². The second kappa shape index (κ2) is 7.08. The monoisotopic (exact) mass is 297 g/mol. The molecule has 2 rings (SSSR count). The first kappa shape index (κ1) is 15.3. The maximum absolute atomic E-state index is 12.1. The Hall–Kier alpha value is -3.08. The van der Waals surface area contributed by atoms with Gasteiger partial charge < -0.3 is 15.2 Å². The summed E-state index contributed by atoms with van der Waals surface area (Å²) in [6.45, 7) is 0. The molecule has 0 radical (unpaired) electrons. The molecule has 0 spiro atoms. The Morgan fingerprint density at radius 3 is 2.23 bits per heavy atom. The molecule has 0 aliphatic carbocycles. The van der Waals surface area contributed by atoms with Crippen LogP contribution in [0.1, 0.15) is 10.4 Å². The number of benzene rings is 2. The smallest absolute Gasteiger partial charge is 0.352 e. The number of allylic oxidation sites excluding steroid dienone is 1. The molecule has 0 aliphatic rings. The molecule has 0 amide bonds. The van der Waals surface area contributed by atoms with Gasteiger partial charge in [0.1, 0.15) is 11.4 Å². The lowest BCUT2D eigenvalue weighted by atomic mass is 10.1. The van der Waals surface area contributed by atoms with E-state index >= 15 is 0 Å². The van der Waals surface area contributed by atoms with Crippen LogP contribution in [0.15, 0.2) is 66.4 Å². The van der Waals surface area contributed by atoms with Crippen LogP contribution >= 0.6 is 0 Å². The number of methoxy groups -OCH3 is 1. The number of carbonyl (C=O) groups is 2. The Labute approximate surface area is 127 Å². The van der Waals surface area contributed by atoms with Gasteiger partial charge in [0.05, 0.1) is 7.11 Å². The second-order valence-corrected chi connectivity index (χ2v) is 4.45. The predicted molar refractivity (Wildman–Crippen MR) is 83.1 cm³/mol. The molecule has 0 aromatic heterocycles. The highest BCUT2D eigenvalue weighted by atomic mass is 16.5. The normalized spacial score (nSPS) is 10.9. The van der Waals surface area contributed by atoms with Crippen LogP contribution in [-0.4, -0.2) is 24.0 Å². The van der Waals surface area contributed by atoms with Crippen molar-refractivity contribution < 1.29 is 19.4 Å². The van der Waals surface area contributed by atoms with Gasteiger partial charge in [0.15, 0.2) is 5.78 Å². The van der Waals surface area contributed by atoms with E-state index in [-0.39, 0.29) is 11.5 Å². The van der Waals surface area contributed by atoms with Crippen LogP contribution in [0.2, 0.25) is 0 Å². The zero-order valence-corrected chi connectivity index (χ0v) is 11.9. The Bertz CT molecular complexity index is 690. The fourth-order valence-corrected chi connectivity index (χ4v) is 1.80. The third-order valence-corrected chi connectivity index (χ3v) is 2.93. The minimum Gasteiger partial charge on any atom is -0.497 e. The summed E-state index contributed by atoms with van der Waals surface area (Å²) in [6.07, 6.45) is 1.07. The third-order valence-electron chi connectivity index (χ3n) is 2.93. The average Bonchev–Trinajstić information content (AvgIpc) is 2.55. The van der Waals surface area contributed by atoms with Crippen LogP contribution in [0.4, 0.5) is 5.69 Å². The molecule has 2 N–H and O–H groups in total. The number of hydrogen-bond acceptors (Lipinski definition) is 4. The zero-order valence-electron chi connectivity index (χ0n) is 11.9. The van der Waals surface area contributed by atoms with E-state index in [1.54, 1.807) is 61.7 Å². The Morgan fingerprint density at radius 2 is 1.68 bits per heavy atom. The summed E-state index contributed by atoms with van der Waals surface area (Å²) >= 11 is 0. The van der Waals surface area contributed by atoms with Crippen molar-refractivity contribution in [3.8, 4) is 5.75 Å². The number of carbonyl (C=O) groups excluding carboxylic acids is 1. The fourth-order valence-electron chi connectivity index (χ4n) is 1.80. The fraction of sp³-hybridized carbons (Fsp3) is 0.0588. The SMILES string of the molecule is COc1ccc(NC(=CC(=O)c2ccccc2)C(=O)O)cc1. The third kappa shape index (κ3) is 3.96. The number of ether oxygens (including phenoxy) is 1. The molecule has 0 bridgehead atoms. The molecular formula is C17H15NO4. The maximum atomic E-state index is 12.1. The highest BCUT2D eigenvalue weighted by Crippen LogP contribution is 2.17. The van der Waals surface area contributed by atoms with Gasteiger partial charge in [-0.15, -0.1) is 0 Å². The van der Waals surface area contributed by atoms with Crippen molar-refractivity contribution in [2.75, 3.05) is 12.4 Å². The number of rotatable bonds is 6. The molecule has 0 unspecified atom stereocenters. The minimum absolute atomic E-state index is 0.195. The molecular weight excluding hydrogens is 282 g/mol. The number of hydrogen-bond donors (Lipinski definition) is 2. The summed E-state index contributed by atoms with van der Waals surface area (Å²) in [4.78, 5) is 23.3.